The third-order valence-corrected chi connectivity index (χ3v) is 5.31. The molecular weight excluding hydrogens is 432 g/mol. The number of hydrogen-bond acceptors (Lipinski definition) is 4. The van der Waals surface area contributed by atoms with E-state index in [4.69, 9.17) is 16.3 Å². The van der Waals surface area contributed by atoms with Crippen LogP contribution in [0, 0.1) is 0 Å². The second-order valence-corrected chi connectivity index (χ2v) is 8.34. The lowest BCUT2D eigenvalue weighted by molar-refractivity contribution is 0.112. The third-order valence-electron chi connectivity index (χ3n) is 5.01. The Morgan fingerprint density at radius 2 is 1.67 bits per heavy atom. The van der Waals surface area contributed by atoms with Crippen LogP contribution in [0.4, 0.5) is 0 Å². The molecule has 0 fully saturated rings. The molecule has 1 N–H and O–H groups in total. The van der Waals surface area contributed by atoms with Crippen LogP contribution in [-0.4, -0.2) is 18.1 Å². The number of rotatable bonds is 10. The lowest BCUT2D eigenvalue weighted by Gasteiger charge is -2.12. The van der Waals surface area contributed by atoms with Gasteiger partial charge in [0.15, 0.2) is 0 Å². The molecule has 0 heterocycles. The summed E-state index contributed by atoms with van der Waals surface area (Å²) in [5.74, 6) is 0.646. The van der Waals surface area contributed by atoms with Crippen LogP contribution in [0.25, 0.3) is 6.08 Å². The van der Waals surface area contributed by atoms with Crippen LogP contribution >= 0.6 is 11.6 Å². The van der Waals surface area contributed by atoms with E-state index in [2.05, 4.69) is 41.7 Å². The number of carbonyl (C=O) groups is 1. The number of nitrogens with zero attached hydrogens (tertiary/aromatic N) is 1. The molecule has 4 nitrogen and oxygen atoms in total. The Morgan fingerprint density at radius 1 is 1.00 bits per heavy atom. The van der Waals surface area contributed by atoms with Gasteiger partial charge in [-0.25, -0.2) is 0 Å². The summed E-state index contributed by atoms with van der Waals surface area (Å²) in [4.78, 5) is 10.9. The van der Waals surface area contributed by atoms with Gasteiger partial charge in [-0.05, 0) is 61.2 Å². The van der Waals surface area contributed by atoms with Crippen LogP contribution in [0.15, 0.2) is 77.9 Å². The minimum atomic E-state index is 0.0384. The average Bonchev–Trinajstić information content (AvgIpc) is 2.83. The summed E-state index contributed by atoms with van der Waals surface area (Å²) in [6.45, 7) is 6.68. The van der Waals surface area contributed by atoms with E-state index in [-0.39, 0.29) is 6.10 Å². The van der Waals surface area contributed by atoms with Crippen molar-refractivity contribution in [3.63, 3.8) is 0 Å². The largest absolute Gasteiger partial charge is 0.489 e. The van der Waals surface area contributed by atoms with Crippen molar-refractivity contribution >= 4 is 29.7 Å². The molecule has 33 heavy (non-hydrogen) atoms. The van der Waals surface area contributed by atoms with Crippen LogP contribution in [0.3, 0.4) is 0 Å². The number of benzene rings is 3. The summed E-state index contributed by atoms with van der Waals surface area (Å²) < 4.78 is 5.75. The summed E-state index contributed by atoms with van der Waals surface area (Å²) in [6.07, 6.45) is 5.78. The Balaban J connectivity index is 1.84. The van der Waals surface area contributed by atoms with Gasteiger partial charge in [0.2, 0.25) is 0 Å². The van der Waals surface area contributed by atoms with Crippen molar-refractivity contribution in [2.75, 3.05) is 0 Å². The summed E-state index contributed by atoms with van der Waals surface area (Å²) in [6, 6.07) is 21.5. The topological polar surface area (TPSA) is 50.7 Å². The van der Waals surface area contributed by atoms with Crippen LogP contribution < -0.4 is 10.2 Å². The predicted octanol–water partition coefficient (Wildman–Crippen LogP) is 6.71. The van der Waals surface area contributed by atoms with Gasteiger partial charge >= 0.3 is 0 Å². The monoisotopic (exact) mass is 460 g/mol. The van der Waals surface area contributed by atoms with Gasteiger partial charge in [0, 0.05) is 11.1 Å². The first-order chi connectivity index (χ1) is 16.0. The first-order valence-corrected chi connectivity index (χ1v) is 11.4. The van der Waals surface area contributed by atoms with Crippen molar-refractivity contribution in [3.8, 4) is 5.75 Å². The van der Waals surface area contributed by atoms with E-state index in [9.17, 15) is 4.79 Å². The maximum Gasteiger partial charge on any atom is 0.150 e. The van der Waals surface area contributed by atoms with Crippen molar-refractivity contribution in [3.05, 3.63) is 106 Å². The van der Waals surface area contributed by atoms with Gasteiger partial charge < -0.3 is 10.2 Å². The Morgan fingerprint density at radius 3 is 2.27 bits per heavy atom. The molecule has 3 aromatic rings. The highest BCUT2D eigenvalue weighted by atomic mass is 35.5. The maximum absolute atomic E-state index is 10.9. The molecule has 3 aromatic carbocycles. The molecule has 0 saturated carbocycles. The highest BCUT2D eigenvalue weighted by Gasteiger charge is 2.08. The zero-order valence-corrected chi connectivity index (χ0v) is 20.0. The van der Waals surface area contributed by atoms with Crippen molar-refractivity contribution in [2.24, 2.45) is 5.10 Å². The number of hydrazone groups is 1. The van der Waals surface area contributed by atoms with Gasteiger partial charge in [0.25, 0.3) is 0 Å². The van der Waals surface area contributed by atoms with Crippen LogP contribution in [0.1, 0.15) is 53.4 Å². The zero-order chi connectivity index (χ0) is 23.6. The molecule has 0 aromatic heterocycles. The fourth-order valence-electron chi connectivity index (χ4n) is 3.18. The Hall–Kier alpha value is -3.37. The van der Waals surface area contributed by atoms with Crippen molar-refractivity contribution < 1.29 is 9.53 Å². The number of aldehydes is 1. The van der Waals surface area contributed by atoms with Gasteiger partial charge in [-0.1, -0.05) is 73.1 Å². The van der Waals surface area contributed by atoms with Crippen molar-refractivity contribution in [2.45, 2.75) is 39.8 Å². The molecular formula is C28H29ClN2O2. The highest BCUT2D eigenvalue weighted by Crippen LogP contribution is 2.27. The molecule has 0 aliphatic carbocycles. The quantitative estimate of drug-likeness (QED) is 0.208. The normalized spacial score (nSPS) is 11.7. The summed E-state index contributed by atoms with van der Waals surface area (Å²) >= 11 is 6.47. The molecule has 0 aliphatic heterocycles. The van der Waals surface area contributed by atoms with Crippen LogP contribution in [0.2, 0.25) is 5.02 Å². The number of hydrogen-bond donors (Lipinski definition) is 1. The molecule has 0 atom stereocenters. The molecule has 0 radical (unpaired) electrons. The van der Waals surface area contributed by atoms with Gasteiger partial charge in [0.1, 0.15) is 12.0 Å². The van der Waals surface area contributed by atoms with Gasteiger partial charge in [0.05, 0.1) is 23.4 Å². The standard InChI is InChI=1S/C28H29ClN2O2/c1-4-21-5-9-23(10-6-21)18-30-31-27(15-13-22-7-11-24(19-32)12-8-22)25-14-16-28(26(29)17-25)33-20(2)3/h5-17,19-20,30H,4,18H2,1-3H3/b15-13+,31-27+. The molecule has 0 saturated heterocycles. The molecule has 0 aliphatic rings. The number of allylic oxidation sites excluding steroid dienone is 1. The van der Waals surface area contributed by atoms with E-state index >= 15 is 0 Å². The predicted molar refractivity (Wildman–Crippen MR) is 137 cm³/mol. The lowest BCUT2D eigenvalue weighted by Crippen LogP contribution is -2.11. The van der Waals surface area contributed by atoms with E-state index in [0.717, 1.165) is 35.1 Å². The summed E-state index contributed by atoms with van der Waals surface area (Å²) in [5.41, 5.74) is 8.85. The van der Waals surface area contributed by atoms with E-state index in [1.54, 1.807) is 12.1 Å². The molecule has 0 amide bonds. The highest BCUT2D eigenvalue weighted by molar-refractivity contribution is 6.32. The van der Waals surface area contributed by atoms with Crippen LogP contribution in [-0.2, 0) is 13.0 Å². The Kier molecular flexibility index (Phi) is 8.85. The Bertz CT molecular complexity index is 1120. The van der Waals surface area contributed by atoms with E-state index in [1.165, 1.54) is 5.56 Å². The van der Waals surface area contributed by atoms with E-state index < -0.39 is 0 Å². The fourth-order valence-corrected chi connectivity index (χ4v) is 3.40. The zero-order valence-electron chi connectivity index (χ0n) is 19.2. The second-order valence-electron chi connectivity index (χ2n) is 7.93. The van der Waals surface area contributed by atoms with Gasteiger partial charge in [-0.3, -0.25) is 4.79 Å². The molecule has 170 valence electrons. The van der Waals surface area contributed by atoms with Gasteiger partial charge in [-0.15, -0.1) is 0 Å². The molecule has 3 rings (SSSR count). The second kappa shape index (κ2) is 12.0. The number of carbonyl (C=O) groups excluding carboxylic acids is 1. The maximum atomic E-state index is 10.9. The fraction of sp³-hybridized carbons (Fsp3) is 0.214. The number of nitrogens with one attached hydrogen (secondary N) is 1. The minimum Gasteiger partial charge on any atom is -0.489 e. The smallest absolute Gasteiger partial charge is 0.150 e. The molecule has 0 unspecified atom stereocenters. The average molecular weight is 461 g/mol. The SMILES string of the molecule is CCc1ccc(CN/N=C(\C=C\c2ccc(C=O)cc2)c2ccc(OC(C)C)c(Cl)c2)cc1. The van der Waals surface area contributed by atoms with Crippen molar-refractivity contribution in [1.82, 2.24) is 5.43 Å². The van der Waals surface area contributed by atoms with E-state index in [1.807, 2.05) is 56.3 Å². The van der Waals surface area contributed by atoms with E-state index in [0.29, 0.717) is 22.9 Å². The van der Waals surface area contributed by atoms with Gasteiger partial charge in [-0.2, -0.15) is 5.10 Å². The Labute approximate surface area is 200 Å². The molecule has 0 spiro atoms. The minimum absolute atomic E-state index is 0.0384. The third kappa shape index (κ3) is 7.33. The summed E-state index contributed by atoms with van der Waals surface area (Å²) in [7, 11) is 0. The van der Waals surface area contributed by atoms with Crippen molar-refractivity contribution in [1.29, 1.82) is 0 Å². The molecule has 0 bridgehead atoms. The first-order valence-electron chi connectivity index (χ1n) is 11.1. The number of ether oxygens (including phenoxy) is 1. The number of halogens is 1. The summed E-state index contributed by atoms with van der Waals surface area (Å²) in [5, 5.41) is 5.17. The number of aryl methyl sites for hydroxylation is 1. The molecule has 5 heteroatoms. The van der Waals surface area contributed by atoms with Crippen LogP contribution in [0.5, 0.6) is 5.75 Å². The lowest BCUT2D eigenvalue weighted by atomic mass is 10.1. The first kappa shape index (κ1) is 24.3.